The summed E-state index contributed by atoms with van der Waals surface area (Å²) in [5.74, 6) is 0.633. The maximum Gasteiger partial charge on any atom is 0.0954 e. The van der Waals surface area contributed by atoms with Gasteiger partial charge in [0.2, 0.25) is 0 Å². The van der Waals surface area contributed by atoms with Gasteiger partial charge in [-0.1, -0.05) is 19.1 Å². The molecule has 0 radical (unpaired) electrons. The average Bonchev–Trinajstić information content (AvgIpc) is 3.11. The monoisotopic (exact) mass is 290 g/mol. The van der Waals surface area contributed by atoms with Gasteiger partial charge in [-0.05, 0) is 31.5 Å². The van der Waals surface area contributed by atoms with E-state index in [-0.39, 0.29) is 0 Å². The molecule has 2 aromatic rings. The molecule has 1 fully saturated rings. The maximum absolute atomic E-state index is 5.56. The van der Waals surface area contributed by atoms with Gasteiger partial charge in [-0.15, -0.1) is 11.3 Å². The first-order valence-corrected chi connectivity index (χ1v) is 8.34. The highest BCUT2D eigenvalue weighted by molar-refractivity contribution is 7.18. The van der Waals surface area contributed by atoms with Crippen LogP contribution in [0.2, 0.25) is 0 Å². The summed E-state index contributed by atoms with van der Waals surface area (Å²) in [5.41, 5.74) is 1.13. The van der Waals surface area contributed by atoms with Crippen molar-refractivity contribution in [2.45, 2.75) is 32.2 Å². The van der Waals surface area contributed by atoms with Gasteiger partial charge < -0.3 is 10.1 Å². The van der Waals surface area contributed by atoms with Crippen LogP contribution in [-0.4, -0.2) is 30.8 Å². The van der Waals surface area contributed by atoms with Crippen LogP contribution in [0.25, 0.3) is 10.2 Å². The Morgan fingerprint density at radius 2 is 2.35 bits per heavy atom. The second-order valence-corrected chi connectivity index (χ2v) is 6.58. The fourth-order valence-electron chi connectivity index (χ4n) is 2.80. The first-order valence-electron chi connectivity index (χ1n) is 7.52. The molecular weight excluding hydrogens is 268 g/mol. The van der Waals surface area contributed by atoms with Crippen LogP contribution in [0.1, 0.15) is 24.8 Å². The summed E-state index contributed by atoms with van der Waals surface area (Å²) in [6, 6.07) is 8.90. The second-order valence-electron chi connectivity index (χ2n) is 5.46. The Morgan fingerprint density at radius 1 is 1.45 bits per heavy atom. The summed E-state index contributed by atoms with van der Waals surface area (Å²) in [6.07, 6.45) is 3.36. The van der Waals surface area contributed by atoms with Gasteiger partial charge in [-0.25, -0.2) is 4.98 Å². The van der Waals surface area contributed by atoms with Crippen LogP contribution < -0.4 is 5.32 Å². The topological polar surface area (TPSA) is 34.2 Å². The molecule has 0 bridgehead atoms. The number of nitrogens with one attached hydrogen (secondary N) is 1. The number of para-hydroxylation sites is 1. The average molecular weight is 290 g/mol. The van der Waals surface area contributed by atoms with E-state index < -0.39 is 0 Å². The van der Waals surface area contributed by atoms with E-state index >= 15 is 0 Å². The number of hydrogen-bond donors (Lipinski definition) is 1. The van der Waals surface area contributed by atoms with Gasteiger partial charge in [-0.2, -0.15) is 0 Å². The minimum Gasteiger partial charge on any atom is -0.381 e. The summed E-state index contributed by atoms with van der Waals surface area (Å²) in [5, 5.41) is 4.93. The van der Waals surface area contributed by atoms with Crippen molar-refractivity contribution in [3.63, 3.8) is 0 Å². The van der Waals surface area contributed by atoms with Crippen LogP contribution in [0.4, 0.5) is 0 Å². The molecule has 2 heterocycles. The Morgan fingerprint density at radius 3 is 3.10 bits per heavy atom. The van der Waals surface area contributed by atoms with Crippen LogP contribution in [-0.2, 0) is 11.2 Å². The molecular formula is C16H22N2OS. The number of ether oxygens (including phenoxy) is 1. The van der Waals surface area contributed by atoms with Crippen molar-refractivity contribution >= 4 is 21.6 Å². The van der Waals surface area contributed by atoms with Gasteiger partial charge in [0, 0.05) is 25.0 Å². The number of rotatable bonds is 6. The summed E-state index contributed by atoms with van der Waals surface area (Å²) in [7, 11) is 0. The second kappa shape index (κ2) is 6.66. The largest absolute Gasteiger partial charge is 0.381 e. The molecule has 2 unspecified atom stereocenters. The van der Waals surface area contributed by atoms with Crippen molar-refractivity contribution in [2.75, 3.05) is 19.8 Å². The molecule has 0 spiro atoms. The van der Waals surface area contributed by atoms with E-state index in [1.165, 1.54) is 22.5 Å². The van der Waals surface area contributed by atoms with E-state index in [1.807, 2.05) is 11.3 Å². The van der Waals surface area contributed by atoms with E-state index in [0.717, 1.165) is 31.7 Å². The molecule has 3 nitrogen and oxygen atoms in total. The molecule has 1 aromatic heterocycles. The standard InChI is InChI=1S/C16H22N2OS/c1-2-8-17-14(12-7-9-19-11-12)10-16-18-13-5-3-4-6-15(13)20-16/h3-6,12,14,17H,2,7-11H2,1H3. The van der Waals surface area contributed by atoms with Crippen molar-refractivity contribution in [3.8, 4) is 0 Å². The molecule has 0 aliphatic carbocycles. The van der Waals surface area contributed by atoms with Gasteiger partial charge in [0.25, 0.3) is 0 Å². The SMILES string of the molecule is CCCNC(Cc1nc2ccccc2s1)C1CCOC1. The molecule has 0 saturated carbocycles. The molecule has 1 aliphatic rings. The van der Waals surface area contributed by atoms with Crippen molar-refractivity contribution in [1.29, 1.82) is 0 Å². The molecule has 108 valence electrons. The molecule has 3 rings (SSSR count). The summed E-state index contributed by atoms with van der Waals surface area (Å²) >= 11 is 1.83. The lowest BCUT2D eigenvalue weighted by molar-refractivity contribution is 0.176. The Labute approximate surface area is 124 Å². The van der Waals surface area contributed by atoms with Crippen LogP contribution >= 0.6 is 11.3 Å². The molecule has 0 amide bonds. The Balaban J connectivity index is 1.73. The number of hydrogen-bond acceptors (Lipinski definition) is 4. The van der Waals surface area contributed by atoms with Crippen molar-refractivity contribution in [1.82, 2.24) is 10.3 Å². The van der Waals surface area contributed by atoms with Crippen LogP contribution in [0.3, 0.4) is 0 Å². The van der Waals surface area contributed by atoms with Crippen molar-refractivity contribution in [3.05, 3.63) is 29.3 Å². The first kappa shape index (κ1) is 14.0. The minimum atomic E-state index is 0.498. The molecule has 1 aromatic carbocycles. The molecule has 20 heavy (non-hydrogen) atoms. The van der Waals surface area contributed by atoms with Gasteiger partial charge >= 0.3 is 0 Å². The smallest absolute Gasteiger partial charge is 0.0954 e. The lowest BCUT2D eigenvalue weighted by Gasteiger charge is -2.22. The molecule has 1 N–H and O–H groups in total. The summed E-state index contributed by atoms with van der Waals surface area (Å²) in [4.78, 5) is 4.77. The summed E-state index contributed by atoms with van der Waals surface area (Å²) in [6.45, 7) is 5.10. The third-order valence-electron chi connectivity index (χ3n) is 3.92. The fraction of sp³-hybridized carbons (Fsp3) is 0.562. The number of benzene rings is 1. The fourth-order valence-corrected chi connectivity index (χ4v) is 3.83. The number of nitrogens with zero attached hydrogens (tertiary/aromatic N) is 1. The van der Waals surface area contributed by atoms with Crippen LogP contribution in [0, 0.1) is 5.92 Å². The third kappa shape index (κ3) is 3.19. The van der Waals surface area contributed by atoms with Crippen LogP contribution in [0.15, 0.2) is 24.3 Å². The third-order valence-corrected chi connectivity index (χ3v) is 4.98. The molecule has 1 saturated heterocycles. The van der Waals surface area contributed by atoms with Gasteiger partial charge in [0.15, 0.2) is 0 Å². The zero-order valence-corrected chi connectivity index (χ0v) is 12.8. The predicted molar refractivity (Wildman–Crippen MR) is 84.3 cm³/mol. The van der Waals surface area contributed by atoms with Crippen molar-refractivity contribution in [2.24, 2.45) is 5.92 Å². The highest BCUT2D eigenvalue weighted by Crippen LogP contribution is 2.25. The zero-order chi connectivity index (χ0) is 13.8. The zero-order valence-electron chi connectivity index (χ0n) is 12.0. The summed E-state index contributed by atoms with van der Waals surface area (Å²) < 4.78 is 6.85. The molecule has 4 heteroatoms. The van der Waals surface area contributed by atoms with Gasteiger partial charge in [0.05, 0.1) is 21.8 Å². The predicted octanol–water partition coefficient (Wildman–Crippen LogP) is 3.24. The van der Waals surface area contributed by atoms with E-state index in [0.29, 0.717) is 12.0 Å². The number of aromatic nitrogens is 1. The van der Waals surface area contributed by atoms with Gasteiger partial charge in [-0.3, -0.25) is 0 Å². The minimum absolute atomic E-state index is 0.498. The Bertz CT molecular complexity index is 515. The lowest BCUT2D eigenvalue weighted by Crippen LogP contribution is -2.38. The van der Waals surface area contributed by atoms with E-state index in [4.69, 9.17) is 9.72 Å². The molecule has 2 atom stereocenters. The maximum atomic E-state index is 5.56. The first-order chi connectivity index (χ1) is 9.86. The lowest BCUT2D eigenvalue weighted by atomic mass is 9.96. The normalized spacial score (nSPS) is 20.6. The van der Waals surface area contributed by atoms with E-state index in [1.54, 1.807) is 0 Å². The van der Waals surface area contributed by atoms with Crippen molar-refractivity contribution < 1.29 is 4.74 Å². The highest BCUT2D eigenvalue weighted by Gasteiger charge is 2.26. The number of fused-ring (bicyclic) bond motifs is 1. The Kier molecular flexibility index (Phi) is 4.65. The van der Waals surface area contributed by atoms with E-state index in [2.05, 4.69) is 36.5 Å². The van der Waals surface area contributed by atoms with E-state index in [9.17, 15) is 0 Å². The quantitative estimate of drug-likeness (QED) is 0.887. The highest BCUT2D eigenvalue weighted by atomic mass is 32.1. The molecule has 1 aliphatic heterocycles. The number of thiazole rings is 1. The van der Waals surface area contributed by atoms with Crippen LogP contribution in [0.5, 0.6) is 0 Å². The Hall–Kier alpha value is -0.970. The van der Waals surface area contributed by atoms with Gasteiger partial charge in [0.1, 0.15) is 0 Å².